The molecule has 1 aromatic heterocycles. The predicted octanol–water partition coefficient (Wildman–Crippen LogP) is 0.300. The van der Waals surface area contributed by atoms with Crippen molar-refractivity contribution in [3.05, 3.63) is 24.3 Å². The summed E-state index contributed by atoms with van der Waals surface area (Å²) in [4.78, 5) is 7.43. The summed E-state index contributed by atoms with van der Waals surface area (Å²) in [5.74, 6) is -0.291. The van der Waals surface area contributed by atoms with E-state index >= 15 is 0 Å². The van der Waals surface area contributed by atoms with Gasteiger partial charge in [-0.2, -0.15) is 0 Å². The number of nitriles is 1. The highest BCUT2D eigenvalue weighted by molar-refractivity contribution is 5.89. The lowest BCUT2D eigenvalue weighted by Gasteiger charge is -1.94. The van der Waals surface area contributed by atoms with Crippen molar-refractivity contribution in [1.29, 1.82) is 10.7 Å². The molecule has 11 heavy (non-hydrogen) atoms. The van der Waals surface area contributed by atoms with E-state index in [1.165, 1.54) is 24.8 Å². The Morgan fingerprint density at radius 1 is 1.64 bits per heavy atom. The monoisotopic (exact) mass is 148 g/mol. The molecule has 0 saturated carbocycles. The summed E-state index contributed by atoms with van der Waals surface area (Å²) in [6.07, 6.45) is 5.62. The molecule has 0 unspecified atom stereocenters. The van der Waals surface area contributed by atoms with Crippen LogP contribution in [0.15, 0.2) is 18.6 Å². The minimum atomic E-state index is -0.291. The fraction of sp³-hybridized carbons (Fsp3) is 0. The first-order valence-electron chi connectivity index (χ1n) is 2.75. The first-order chi connectivity index (χ1) is 5.34. The highest BCUT2D eigenvalue weighted by Gasteiger charge is 2.01. The van der Waals surface area contributed by atoms with Crippen molar-refractivity contribution in [3.63, 3.8) is 0 Å². The van der Waals surface area contributed by atoms with Gasteiger partial charge in [-0.05, 0) is 0 Å². The molecule has 1 heterocycles. The summed E-state index contributed by atoms with van der Waals surface area (Å²) in [7, 11) is 0. The molecular weight excluding hydrogens is 144 g/mol. The second-order valence-corrected chi connectivity index (χ2v) is 1.61. The van der Waals surface area contributed by atoms with E-state index in [1.54, 1.807) is 0 Å². The maximum atomic E-state index is 8.04. The Hall–Kier alpha value is -1.96. The molecule has 1 aromatic rings. The SMILES string of the molecule is N#COC(=N)c1cnccn1. The molecule has 0 aliphatic rings. The van der Waals surface area contributed by atoms with Crippen LogP contribution in [0.5, 0.6) is 0 Å². The Labute approximate surface area is 62.8 Å². The zero-order valence-corrected chi connectivity index (χ0v) is 5.48. The molecule has 0 aliphatic heterocycles. The van der Waals surface area contributed by atoms with Gasteiger partial charge in [0.05, 0.1) is 6.20 Å². The third-order valence-corrected chi connectivity index (χ3v) is 0.944. The first-order valence-corrected chi connectivity index (χ1v) is 2.75. The molecule has 5 nitrogen and oxygen atoms in total. The van der Waals surface area contributed by atoms with Crippen LogP contribution < -0.4 is 0 Å². The maximum Gasteiger partial charge on any atom is 0.293 e. The molecule has 54 valence electrons. The quantitative estimate of drug-likeness (QED) is 0.352. The van der Waals surface area contributed by atoms with E-state index in [0.29, 0.717) is 0 Å². The van der Waals surface area contributed by atoms with Gasteiger partial charge >= 0.3 is 0 Å². The molecule has 0 aromatic carbocycles. The van der Waals surface area contributed by atoms with Crippen LogP contribution >= 0.6 is 0 Å². The number of hydrogen-bond donors (Lipinski definition) is 1. The zero-order valence-electron chi connectivity index (χ0n) is 5.48. The van der Waals surface area contributed by atoms with E-state index in [0.717, 1.165) is 0 Å². The number of ether oxygens (including phenoxy) is 1. The van der Waals surface area contributed by atoms with E-state index in [4.69, 9.17) is 10.7 Å². The summed E-state index contributed by atoms with van der Waals surface area (Å²) in [5.41, 5.74) is 0.244. The van der Waals surface area contributed by atoms with E-state index in [-0.39, 0.29) is 11.6 Å². The Morgan fingerprint density at radius 2 is 2.45 bits per heavy atom. The highest BCUT2D eigenvalue weighted by atomic mass is 16.5. The van der Waals surface area contributed by atoms with Crippen LogP contribution in [-0.4, -0.2) is 15.9 Å². The fourth-order valence-corrected chi connectivity index (χ4v) is 0.514. The number of rotatable bonds is 1. The van der Waals surface area contributed by atoms with E-state index in [9.17, 15) is 0 Å². The van der Waals surface area contributed by atoms with Gasteiger partial charge in [0.25, 0.3) is 12.2 Å². The van der Waals surface area contributed by atoms with E-state index in [2.05, 4.69) is 14.7 Å². The number of nitrogens with zero attached hydrogens (tertiary/aromatic N) is 3. The molecule has 0 amide bonds. The van der Waals surface area contributed by atoms with Crippen LogP contribution in [0.3, 0.4) is 0 Å². The summed E-state index contributed by atoms with van der Waals surface area (Å²) in [5, 5.41) is 15.1. The van der Waals surface area contributed by atoms with Crippen LogP contribution in [0.25, 0.3) is 0 Å². The topological polar surface area (TPSA) is 82.6 Å². The molecule has 0 fully saturated rings. The summed E-state index contributed by atoms with van der Waals surface area (Å²) in [6.45, 7) is 0. The minimum Gasteiger partial charge on any atom is -0.365 e. The second-order valence-electron chi connectivity index (χ2n) is 1.61. The molecule has 0 bridgehead atoms. The second kappa shape index (κ2) is 3.27. The molecule has 5 heteroatoms. The van der Waals surface area contributed by atoms with Crippen molar-refractivity contribution in [1.82, 2.24) is 9.97 Å². The Kier molecular flexibility index (Phi) is 2.13. The van der Waals surface area contributed by atoms with E-state index < -0.39 is 0 Å². The third kappa shape index (κ3) is 1.72. The lowest BCUT2D eigenvalue weighted by atomic mass is 10.4. The molecular formula is C6H4N4O. The van der Waals surface area contributed by atoms with Crippen molar-refractivity contribution in [3.8, 4) is 6.26 Å². The largest absolute Gasteiger partial charge is 0.365 e. The third-order valence-electron chi connectivity index (χ3n) is 0.944. The number of aromatic nitrogens is 2. The van der Waals surface area contributed by atoms with Gasteiger partial charge < -0.3 is 4.74 Å². The Balaban J connectivity index is 2.79. The maximum absolute atomic E-state index is 8.04. The Morgan fingerprint density at radius 3 is 3.00 bits per heavy atom. The van der Waals surface area contributed by atoms with Gasteiger partial charge in [0, 0.05) is 12.4 Å². The number of hydrogen-bond acceptors (Lipinski definition) is 5. The lowest BCUT2D eigenvalue weighted by Crippen LogP contribution is -2.03. The van der Waals surface area contributed by atoms with Crippen molar-refractivity contribution in [2.24, 2.45) is 0 Å². The molecule has 0 atom stereocenters. The van der Waals surface area contributed by atoms with Crippen molar-refractivity contribution < 1.29 is 4.74 Å². The van der Waals surface area contributed by atoms with Crippen LogP contribution in [0.1, 0.15) is 5.69 Å². The van der Waals surface area contributed by atoms with Gasteiger partial charge in [0.1, 0.15) is 5.69 Å². The average molecular weight is 148 g/mol. The average Bonchev–Trinajstić information content (AvgIpc) is 2.07. The Bertz CT molecular complexity index is 289. The molecule has 0 aliphatic carbocycles. The van der Waals surface area contributed by atoms with E-state index in [1.807, 2.05) is 0 Å². The van der Waals surface area contributed by atoms with Gasteiger partial charge in [0.2, 0.25) is 0 Å². The number of nitrogens with one attached hydrogen (secondary N) is 1. The first kappa shape index (κ1) is 7.15. The minimum absolute atomic E-state index is 0.244. The standard InChI is InChI=1S/C6H4N4O/c7-4-11-6(8)5-3-9-1-2-10-5/h1-3,8H. The molecule has 0 saturated heterocycles. The summed E-state index contributed by atoms with van der Waals surface area (Å²) < 4.78 is 4.21. The fourth-order valence-electron chi connectivity index (χ4n) is 0.514. The highest BCUT2D eigenvalue weighted by Crippen LogP contribution is 1.91. The van der Waals surface area contributed by atoms with Crippen LogP contribution in [0.2, 0.25) is 0 Å². The van der Waals surface area contributed by atoms with Crippen LogP contribution in [0.4, 0.5) is 0 Å². The van der Waals surface area contributed by atoms with Gasteiger partial charge in [-0.1, -0.05) is 0 Å². The van der Waals surface area contributed by atoms with Crippen molar-refractivity contribution in [2.45, 2.75) is 0 Å². The smallest absolute Gasteiger partial charge is 0.293 e. The molecule has 1 rings (SSSR count). The van der Waals surface area contributed by atoms with Gasteiger partial charge in [-0.3, -0.25) is 10.4 Å². The zero-order chi connectivity index (χ0) is 8.10. The lowest BCUT2D eigenvalue weighted by molar-refractivity contribution is 0.494. The van der Waals surface area contributed by atoms with Crippen LogP contribution in [-0.2, 0) is 4.74 Å². The van der Waals surface area contributed by atoms with Gasteiger partial charge in [0.15, 0.2) is 0 Å². The summed E-state index contributed by atoms with van der Waals surface area (Å²) in [6, 6.07) is 0. The predicted molar refractivity (Wildman–Crippen MR) is 35.6 cm³/mol. The summed E-state index contributed by atoms with van der Waals surface area (Å²) >= 11 is 0. The molecule has 0 radical (unpaired) electrons. The van der Waals surface area contributed by atoms with Crippen molar-refractivity contribution in [2.75, 3.05) is 0 Å². The van der Waals surface area contributed by atoms with Gasteiger partial charge in [-0.25, -0.2) is 4.98 Å². The van der Waals surface area contributed by atoms with Gasteiger partial charge in [-0.15, -0.1) is 5.26 Å². The molecule has 1 N–H and O–H groups in total. The van der Waals surface area contributed by atoms with Crippen LogP contribution in [0, 0.1) is 16.9 Å². The normalized spacial score (nSPS) is 8.27. The van der Waals surface area contributed by atoms with Crippen molar-refractivity contribution >= 4 is 5.90 Å². The molecule has 0 spiro atoms.